The molecule has 172 valence electrons. The summed E-state index contributed by atoms with van der Waals surface area (Å²) in [4.78, 5) is 24.3. The molecule has 3 N–H and O–H groups in total. The van der Waals surface area contributed by atoms with Gasteiger partial charge in [0.2, 0.25) is 6.23 Å². The largest absolute Gasteiger partial charge is 0.480 e. The van der Waals surface area contributed by atoms with Crippen LogP contribution in [0.25, 0.3) is 38.4 Å². The Morgan fingerprint density at radius 3 is 2.38 bits per heavy atom. The molecule has 0 aromatic heterocycles. The standard InChI is InChI=1S/C26H22N2O6/c1-27(13-23(29)30)14-24(31)34-22-12-18-7-8-19-20(25(18)28(33)26(22)32)9-6-17-10-15-4-2-3-5-16(15)11-21(17)19/h2-12,26,32-33H,13-14H2,1H3,(H,29,30). The summed E-state index contributed by atoms with van der Waals surface area (Å²) in [5, 5.41) is 36.9. The van der Waals surface area contributed by atoms with Crippen LogP contribution in [-0.2, 0) is 14.3 Å². The van der Waals surface area contributed by atoms with Crippen molar-refractivity contribution in [2.45, 2.75) is 6.23 Å². The second-order valence-corrected chi connectivity index (χ2v) is 8.39. The van der Waals surface area contributed by atoms with E-state index in [1.807, 2.05) is 36.4 Å². The van der Waals surface area contributed by atoms with E-state index in [9.17, 15) is 19.9 Å². The van der Waals surface area contributed by atoms with Crippen LogP contribution in [-0.4, -0.2) is 58.6 Å². The van der Waals surface area contributed by atoms with Crippen LogP contribution in [0.3, 0.4) is 0 Å². The van der Waals surface area contributed by atoms with E-state index in [1.54, 1.807) is 6.07 Å². The second kappa shape index (κ2) is 8.42. The molecule has 0 radical (unpaired) electrons. The number of aliphatic carboxylic acids is 1. The van der Waals surface area contributed by atoms with Gasteiger partial charge in [0.05, 0.1) is 18.8 Å². The molecule has 0 saturated carbocycles. The van der Waals surface area contributed by atoms with Gasteiger partial charge in [-0.1, -0.05) is 48.5 Å². The number of hydroxylamine groups is 1. The van der Waals surface area contributed by atoms with E-state index < -0.39 is 18.2 Å². The van der Waals surface area contributed by atoms with Crippen molar-refractivity contribution in [3.63, 3.8) is 0 Å². The van der Waals surface area contributed by atoms with Gasteiger partial charge in [-0.05, 0) is 52.2 Å². The quantitative estimate of drug-likeness (QED) is 0.237. The van der Waals surface area contributed by atoms with E-state index in [2.05, 4.69) is 18.2 Å². The van der Waals surface area contributed by atoms with Gasteiger partial charge in [0.1, 0.15) is 0 Å². The lowest BCUT2D eigenvalue weighted by atomic mass is 9.94. The summed E-state index contributed by atoms with van der Waals surface area (Å²) in [6.45, 7) is -0.618. The smallest absolute Gasteiger partial charge is 0.325 e. The average molecular weight is 458 g/mol. The minimum Gasteiger partial charge on any atom is -0.480 e. The number of fused-ring (bicyclic) bond motifs is 6. The highest BCUT2D eigenvalue weighted by atomic mass is 16.6. The number of aliphatic hydroxyl groups is 1. The lowest BCUT2D eigenvalue weighted by Gasteiger charge is -2.31. The van der Waals surface area contributed by atoms with Gasteiger partial charge in [0, 0.05) is 10.9 Å². The first-order valence-electron chi connectivity index (χ1n) is 10.7. The zero-order valence-electron chi connectivity index (χ0n) is 18.3. The maximum atomic E-state index is 12.2. The number of carboxylic acids is 1. The molecule has 1 aliphatic rings. The molecule has 0 aliphatic carbocycles. The Morgan fingerprint density at radius 1 is 0.941 bits per heavy atom. The van der Waals surface area contributed by atoms with E-state index in [-0.39, 0.29) is 18.8 Å². The molecular formula is C26H22N2O6. The zero-order chi connectivity index (χ0) is 24.0. The molecule has 0 fully saturated rings. The number of aliphatic hydroxyl groups excluding tert-OH is 1. The minimum absolute atomic E-state index is 0.144. The lowest BCUT2D eigenvalue weighted by Crippen LogP contribution is -2.39. The summed E-state index contributed by atoms with van der Waals surface area (Å²) >= 11 is 0. The summed E-state index contributed by atoms with van der Waals surface area (Å²) in [6, 6.07) is 19.9. The van der Waals surface area contributed by atoms with Crippen LogP contribution in [0.2, 0.25) is 0 Å². The van der Waals surface area contributed by atoms with Gasteiger partial charge in [-0.3, -0.25) is 19.7 Å². The molecule has 0 bridgehead atoms. The van der Waals surface area contributed by atoms with E-state index >= 15 is 0 Å². The van der Waals surface area contributed by atoms with Gasteiger partial charge in [0.15, 0.2) is 5.76 Å². The highest BCUT2D eigenvalue weighted by Gasteiger charge is 2.31. The Labute approximate surface area is 194 Å². The fourth-order valence-electron chi connectivity index (χ4n) is 4.43. The van der Waals surface area contributed by atoms with Gasteiger partial charge in [-0.2, -0.15) is 0 Å². The molecule has 0 saturated heterocycles. The number of nitrogens with zero attached hydrogens (tertiary/aromatic N) is 2. The first-order chi connectivity index (χ1) is 16.3. The van der Waals surface area contributed by atoms with Crippen LogP contribution >= 0.6 is 0 Å². The number of ether oxygens (including phenoxy) is 1. The molecule has 5 rings (SSSR count). The molecule has 8 nitrogen and oxygen atoms in total. The fourth-order valence-corrected chi connectivity index (χ4v) is 4.43. The highest BCUT2D eigenvalue weighted by Crippen LogP contribution is 2.40. The van der Waals surface area contributed by atoms with E-state index in [1.165, 1.54) is 18.0 Å². The Kier molecular flexibility index (Phi) is 5.41. The van der Waals surface area contributed by atoms with Crippen molar-refractivity contribution in [2.24, 2.45) is 0 Å². The number of hydrogen-bond donors (Lipinski definition) is 3. The zero-order valence-corrected chi connectivity index (χ0v) is 18.3. The Balaban J connectivity index is 1.54. The molecule has 1 aliphatic heterocycles. The molecule has 8 heteroatoms. The van der Waals surface area contributed by atoms with Crippen molar-refractivity contribution in [1.82, 2.24) is 4.90 Å². The van der Waals surface area contributed by atoms with Crippen molar-refractivity contribution in [1.29, 1.82) is 0 Å². The van der Waals surface area contributed by atoms with Gasteiger partial charge in [-0.15, -0.1) is 0 Å². The summed E-state index contributed by atoms with van der Waals surface area (Å²) in [5.41, 5.74) is 0.977. The molecule has 0 amide bonds. The highest BCUT2D eigenvalue weighted by molar-refractivity contribution is 6.16. The van der Waals surface area contributed by atoms with Gasteiger partial charge in [-0.25, -0.2) is 5.06 Å². The number of benzene rings is 4. The molecule has 4 aromatic rings. The van der Waals surface area contributed by atoms with Crippen LogP contribution in [0, 0.1) is 0 Å². The van der Waals surface area contributed by atoms with Crippen LogP contribution < -0.4 is 5.06 Å². The van der Waals surface area contributed by atoms with E-state index in [4.69, 9.17) is 9.84 Å². The molecule has 1 unspecified atom stereocenters. The Morgan fingerprint density at radius 2 is 1.65 bits per heavy atom. The Hall–Kier alpha value is -3.98. The maximum absolute atomic E-state index is 12.2. The molecule has 1 heterocycles. The van der Waals surface area contributed by atoms with Crippen molar-refractivity contribution >= 4 is 56.0 Å². The van der Waals surface area contributed by atoms with Crippen LogP contribution in [0.5, 0.6) is 0 Å². The maximum Gasteiger partial charge on any atom is 0.325 e. The van der Waals surface area contributed by atoms with E-state index in [0.717, 1.165) is 32.3 Å². The number of rotatable bonds is 5. The summed E-state index contributed by atoms with van der Waals surface area (Å²) < 4.78 is 5.25. The third-order valence-electron chi connectivity index (χ3n) is 5.93. The molecule has 1 atom stereocenters. The number of carbonyl (C=O) groups is 2. The van der Waals surface area contributed by atoms with Gasteiger partial charge < -0.3 is 14.9 Å². The predicted molar refractivity (Wildman–Crippen MR) is 128 cm³/mol. The third kappa shape index (κ3) is 3.84. The fraction of sp³-hybridized carbons (Fsp3) is 0.154. The summed E-state index contributed by atoms with van der Waals surface area (Å²) in [6.07, 6.45) is -0.0922. The summed E-state index contributed by atoms with van der Waals surface area (Å²) in [7, 11) is 1.47. The lowest BCUT2D eigenvalue weighted by molar-refractivity contribution is -0.144. The van der Waals surface area contributed by atoms with Crippen LogP contribution in [0.1, 0.15) is 5.56 Å². The molecule has 34 heavy (non-hydrogen) atoms. The number of carbonyl (C=O) groups excluding carboxylic acids is 1. The minimum atomic E-state index is -1.60. The molecule has 0 spiro atoms. The predicted octanol–water partition coefficient (Wildman–Crippen LogP) is 3.57. The first-order valence-corrected chi connectivity index (χ1v) is 10.7. The molecular weight excluding hydrogens is 436 g/mol. The van der Waals surface area contributed by atoms with Gasteiger partial charge in [0.25, 0.3) is 0 Å². The van der Waals surface area contributed by atoms with Crippen LogP contribution in [0.15, 0.2) is 66.4 Å². The summed E-state index contributed by atoms with van der Waals surface area (Å²) in [5.74, 6) is -1.96. The number of anilines is 1. The third-order valence-corrected chi connectivity index (χ3v) is 5.93. The number of likely N-dealkylation sites (N-methyl/N-ethyl adjacent to an activating group) is 1. The first kappa shape index (κ1) is 21.8. The molecule has 4 aromatic carbocycles. The SMILES string of the molecule is CN(CC(=O)O)CC(=O)OC1=Cc2ccc3c(ccc4cc5ccccc5cc43)c2N(O)C1O. The topological polar surface area (TPSA) is 111 Å². The number of esters is 1. The normalized spacial score (nSPS) is 15.6. The number of hydrogen-bond acceptors (Lipinski definition) is 7. The van der Waals surface area contributed by atoms with Crippen molar-refractivity contribution in [3.8, 4) is 0 Å². The monoisotopic (exact) mass is 458 g/mol. The number of carboxylic acid groups (broad SMARTS) is 1. The average Bonchev–Trinajstić information content (AvgIpc) is 2.79. The van der Waals surface area contributed by atoms with Crippen molar-refractivity contribution in [2.75, 3.05) is 25.2 Å². The second-order valence-electron chi connectivity index (χ2n) is 8.39. The Bertz CT molecular complexity index is 1500. The van der Waals surface area contributed by atoms with E-state index in [0.29, 0.717) is 16.3 Å². The van der Waals surface area contributed by atoms with Crippen molar-refractivity contribution in [3.05, 3.63) is 72.0 Å². The van der Waals surface area contributed by atoms with Gasteiger partial charge >= 0.3 is 11.9 Å². The van der Waals surface area contributed by atoms with Crippen molar-refractivity contribution < 1.29 is 29.7 Å². The van der Waals surface area contributed by atoms with Crippen LogP contribution in [0.4, 0.5) is 5.69 Å².